The van der Waals surface area contributed by atoms with Crippen molar-refractivity contribution in [3.05, 3.63) is 35.9 Å². The van der Waals surface area contributed by atoms with Crippen LogP contribution in [-0.4, -0.2) is 38.7 Å². The van der Waals surface area contributed by atoms with Crippen LogP contribution in [0.25, 0.3) is 0 Å². The van der Waals surface area contributed by atoms with Gasteiger partial charge in [0.1, 0.15) is 0 Å². The summed E-state index contributed by atoms with van der Waals surface area (Å²) in [5, 5.41) is 3.36. The van der Waals surface area contributed by atoms with Crippen molar-refractivity contribution < 1.29 is 19.1 Å². The molecule has 5 heteroatoms. The first-order chi connectivity index (χ1) is 10.1. The van der Waals surface area contributed by atoms with Crippen molar-refractivity contribution >= 4 is 11.9 Å². The fourth-order valence-corrected chi connectivity index (χ4v) is 2.97. The lowest BCUT2D eigenvalue weighted by molar-refractivity contribution is -0.172. The van der Waals surface area contributed by atoms with Crippen LogP contribution in [-0.2, 0) is 25.5 Å². The van der Waals surface area contributed by atoms with E-state index in [-0.39, 0.29) is 6.04 Å². The Kier molecular flexibility index (Phi) is 4.96. The molecule has 114 valence electrons. The maximum Gasteiger partial charge on any atom is 0.323 e. The average Bonchev–Trinajstić information content (AvgIpc) is 2.54. The first kappa shape index (κ1) is 15.5. The summed E-state index contributed by atoms with van der Waals surface area (Å²) in [6.07, 6.45) is 1.55. The van der Waals surface area contributed by atoms with Gasteiger partial charge < -0.3 is 14.8 Å². The molecule has 0 amide bonds. The van der Waals surface area contributed by atoms with Gasteiger partial charge in [0.25, 0.3) is 0 Å². The van der Waals surface area contributed by atoms with Crippen LogP contribution in [0.3, 0.4) is 0 Å². The molecule has 1 aromatic rings. The molecule has 5 nitrogen and oxygen atoms in total. The van der Waals surface area contributed by atoms with E-state index in [1.54, 1.807) is 0 Å². The number of carbonyl (C=O) groups excluding carboxylic acids is 2. The molecule has 1 aliphatic heterocycles. The van der Waals surface area contributed by atoms with E-state index in [4.69, 9.17) is 9.47 Å². The van der Waals surface area contributed by atoms with Crippen LogP contribution in [0, 0.1) is 5.41 Å². The molecule has 1 fully saturated rings. The van der Waals surface area contributed by atoms with Crippen LogP contribution in [0.1, 0.15) is 18.4 Å². The number of esters is 2. The first-order valence-corrected chi connectivity index (χ1v) is 7.06. The molecular formula is C16H21NO4. The number of benzene rings is 1. The molecule has 21 heavy (non-hydrogen) atoms. The maximum atomic E-state index is 12.1. The van der Waals surface area contributed by atoms with Gasteiger partial charge in [0.05, 0.1) is 14.2 Å². The van der Waals surface area contributed by atoms with Crippen LogP contribution in [0.5, 0.6) is 0 Å². The zero-order valence-electron chi connectivity index (χ0n) is 12.4. The lowest BCUT2D eigenvalue weighted by atomic mass is 9.74. The van der Waals surface area contributed by atoms with Gasteiger partial charge >= 0.3 is 11.9 Å². The van der Waals surface area contributed by atoms with Gasteiger partial charge in [-0.2, -0.15) is 0 Å². The molecule has 0 bridgehead atoms. The highest BCUT2D eigenvalue weighted by molar-refractivity contribution is 6.00. The van der Waals surface area contributed by atoms with E-state index < -0.39 is 17.4 Å². The lowest BCUT2D eigenvalue weighted by Crippen LogP contribution is -2.53. The number of carbonyl (C=O) groups is 2. The van der Waals surface area contributed by atoms with E-state index in [0.717, 1.165) is 6.42 Å². The largest absolute Gasteiger partial charge is 0.468 e. The topological polar surface area (TPSA) is 64.6 Å². The van der Waals surface area contributed by atoms with Crippen molar-refractivity contribution in [2.45, 2.75) is 25.3 Å². The second-order valence-corrected chi connectivity index (χ2v) is 5.36. The van der Waals surface area contributed by atoms with Gasteiger partial charge in [-0.25, -0.2) is 0 Å². The molecule has 2 rings (SSSR count). The van der Waals surface area contributed by atoms with Gasteiger partial charge in [0.2, 0.25) is 0 Å². The normalized spacial score (nSPS) is 20.6. The number of ether oxygens (including phenoxy) is 2. The third-order valence-corrected chi connectivity index (χ3v) is 4.06. The quantitative estimate of drug-likeness (QED) is 0.669. The standard InChI is InChI=1S/C16H21NO4/c1-20-14(18)16(15(19)21-2)8-9-17-13(11-16)10-12-6-4-3-5-7-12/h3-7,13,17H,8-11H2,1-2H3. The Labute approximate surface area is 124 Å². The van der Waals surface area contributed by atoms with Crippen molar-refractivity contribution in [2.24, 2.45) is 5.41 Å². The molecule has 1 heterocycles. The molecule has 1 aliphatic rings. The molecule has 0 saturated carbocycles. The second-order valence-electron chi connectivity index (χ2n) is 5.36. The summed E-state index contributed by atoms with van der Waals surface area (Å²) in [6.45, 7) is 0.585. The maximum absolute atomic E-state index is 12.1. The van der Waals surface area contributed by atoms with Crippen molar-refractivity contribution in [3.63, 3.8) is 0 Å². The minimum Gasteiger partial charge on any atom is -0.468 e. The summed E-state index contributed by atoms with van der Waals surface area (Å²) in [5.74, 6) is -1.01. The fourth-order valence-electron chi connectivity index (χ4n) is 2.97. The Hall–Kier alpha value is -1.88. The van der Waals surface area contributed by atoms with Crippen molar-refractivity contribution in [1.82, 2.24) is 5.32 Å². The number of hydrogen-bond acceptors (Lipinski definition) is 5. The Balaban J connectivity index is 2.16. The Bertz CT molecular complexity index is 484. The first-order valence-electron chi connectivity index (χ1n) is 7.06. The zero-order valence-corrected chi connectivity index (χ0v) is 12.4. The highest BCUT2D eigenvalue weighted by Crippen LogP contribution is 2.35. The molecule has 1 unspecified atom stereocenters. The SMILES string of the molecule is COC(=O)C1(C(=O)OC)CCNC(Cc2ccccc2)C1. The van der Waals surface area contributed by atoms with E-state index in [9.17, 15) is 9.59 Å². The Morgan fingerprint density at radius 3 is 2.38 bits per heavy atom. The number of piperidine rings is 1. The predicted molar refractivity (Wildman–Crippen MR) is 77.6 cm³/mol. The summed E-state index contributed by atoms with van der Waals surface area (Å²) in [6, 6.07) is 10.0. The number of rotatable bonds is 4. The monoisotopic (exact) mass is 291 g/mol. The molecule has 0 spiro atoms. The second kappa shape index (κ2) is 6.72. The van der Waals surface area contributed by atoms with Crippen molar-refractivity contribution in [2.75, 3.05) is 20.8 Å². The Morgan fingerprint density at radius 2 is 1.81 bits per heavy atom. The fraction of sp³-hybridized carbons (Fsp3) is 0.500. The van der Waals surface area contributed by atoms with Crippen LogP contribution < -0.4 is 5.32 Å². The number of hydrogen-bond donors (Lipinski definition) is 1. The van der Waals surface area contributed by atoms with Crippen LogP contribution in [0.4, 0.5) is 0 Å². The summed E-state index contributed by atoms with van der Waals surface area (Å²) in [7, 11) is 2.61. The van der Waals surface area contributed by atoms with E-state index in [2.05, 4.69) is 5.32 Å². The van der Waals surface area contributed by atoms with Gasteiger partial charge in [-0.15, -0.1) is 0 Å². The van der Waals surface area contributed by atoms with E-state index in [1.165, 1.54) is 19.8 Å². The van der Waals surface area contributed by atoms with Crippen molar-refractivity contribution in [1.29, 1.82) is 0 Å². The number of nitrogens with one attached hydrogen (secondary N) is 1. The van der Waals surface area contributed by atoms with Gasteiger partial charge in [-0.3, -0.25) is 9.59 Å². The predicted octanol–water partition coefficient (Wildman–Crippen LogP) is 1.31. The van der Waals surface area contributed by atoms with Gasteiger partial charge in [0.15, 0.2) is 5.41 Å². The summed E-state index contributed by atoms with van der Waals surface area (Å²) in [4.78, 5) is 24.3. The number of methoxy groups -OCH3 is 2. The molecule has 0 aliphatic carbocycles. The third kappa shape index (κ3) is 3.24. The molecule has 1 atom stereocenters. The third-order valence-electron chi connectivity index (χ3n) is 4.06. The van der Waals surface area contributed by atoms with E-state index in [0.29, 0.717) is 19.4 Å². The van der Waals surface area contributed by atoms with Crippen LogP contribution >= 0.6 is 0 Å². The van der Waals surface area contributed by atoms with E-state index in [1.807, 2.05) is 30.3 Å². The minimum absolute atomic E-state index is 0.0411. The van der Waals surface area contributed by atoms with Gasteiger partial charge in [-0.1, -0.05) is 30.3 Å². The average molecular weight is 291 g/mol. The molecule has 0 radical (unpaired) electrons. The van der Waals surface area contributed by atoms with E-state index >= 15 is 0 Å². The van der Waals surface area contributed by atoms with Gasteiger partial charge in [0, 0.05) is 6.04 Å². The van der Waals surface area contributed by atoms with Gasteiger partial charge in [-0.05, 0) is 31.4 Å². The van der Waals surface area contributed by atoms with Crippen molar-refractivity contribution in [3.8, 4) is 0 Å². The van der Waals surface area contributed by atoms with Crippen LogP contribution in [0.15, 0.2) is 30.3 Å². The highest BCUT2D eigenvalue weighted by atomic mass is 16.5. The molecule has 1 saturated heterocycles. The van der Waals surface area contributed by atoms with Crippen LogP contribution in [0.2, 0.25) is 0 Å². The summed E-state index contributed by atoms with van der Waals surface area (Å²) < 4.78 is 9.69. The summed E-state index contributed by atoms with van der Waals surface area (Å²) >= 11 is 0. The minimum atomic E-state index is -1.19. The zero-order chi connectivity index (χ0) is 15.3. The Morgan fingerprint density at radius 1 is 1.19 bits per heavy atom. The molecule has 1 N–H and O–H groups in total. The molecular weight excluding hydrogens is 270 g/mol. The molecule has 0 aromatic heterocycles. The summed E-state index contributed by atoms with van der Waals surface area (Å²) in [5.41, 5.74) is -0.0192. The lowest BCUT2D eigenvalue weighted by Gasteiger charge is -2.37. The highest BCUT2D eigenvalue weighted by Gasteiger charge is 2.51. The molecule has 1 aromatic carbocycles. The smallest absolute Gasteiger partial charge is 0.323 e.